The van der Waals surface area contributed by atoms with E-state index in [1.54, 1.807) is 23.7 Å². The average Bonchev–Trinajstić information content (AvgIpc) is 3.31. The number of alkyl halides is 3. The van der Waals surface area contributed by atoms with Crippen molar-refractivity contribution in [3.8, 4) is 11.1 Å². The van der Waals surface area contributed by atoms with Crippen molar-refractivity contribution in [2.75, 3.05) is 5.32 Å². The van der Waals surface area contributed by atoms with Gasteiger partial charge in [-0.15, -0.1) is 11.3 Å². The molecule has 3 aromatic heterocycles. The average molecular weight is 454 g/mol. The molecule has 4 rings (SSSR count). The van der Waals surface area contributed by atoms with Gasteiger partial charge in [-0.3, -0.25) is 24.9 Å². The molecule has 0 atom stereocenters. The van der Waals surface area contributed by atoms with Crippen LogP contribution < -0.4 is 5.32 Å². The molecule has 32 heavy (non-hydrogen) atoms. The summed E-state index contributed by atoms with van der Waals surface area (Å²) in [7, 11) is 0. The lowest BCUT2D eigenvalue weighted by molar-refractivity contribution is -0.137. The number of thiazole rings is 1. The Kier molecular flexibility index (Phi) is 5.78. The number of ketones is 1. The fourth-order valence-corrected chi connectivity index (χ4v) is 3.43. The zero-order valence-corrected chi connectivity index (χ0v) is 16.9. The predicted octanol–water partition coefficient (Wildman–Crippen LogP) is 5.10. The van der Waals surface area contributed by atoms with Gasteiger partial charge in [0, 0.05) is 40.7 Å². The van der Waals surface area contributed by atoms with E-state index in [1.165, 1.54) is 48.0 Å². The third-order valence-corrected chi connectivity index (χ3v) is 5.14. The molecule has 4 aromatic rings. The molecule has 0 unspecified atom stereocenters. The van der Waals surface area contributed by atoms with E-state index in [2.05, 4.69) is 20.3 Å². The minimum absolute atomic E-state index is 0.113. The zero-order valence-electron chi connectivity index (χ0n) is 16.1. The number of benzene rings is 1. The van der Waals surface area contributed by atoms with Gasteiger partial charge in [-0.05, 0) is 18.2 Å². The standard InChI is InChI=1S/C22H13F3N4O2S/c23-22(24,25)16-4-2-1-3-15(16)19(30)17-7-5-13(11-27-17)14-6-8-18(28-12-14)20(31)29-21-26-9-10-32-21/h1-12H,(H,26,29,31). The number of nitrogens with one attached hydrogen (secondary N) is 1. The molecule has 3 heterocycles. The van der Waals surface area contributed by atoms with E-state index in [9.17, 15) is 22.8 Å². The van der Waals surface area contributed by atoms with Gasteiger partial charge in [0.05, 0.1) is 5.56 Å². The van der Waals surface area contributed by atoms with Crippen molar-refractivity contribution in [3.63, 3.8) is 0 Å². The van der Waals surface area contributed by atoms with E-state index in [-0.39, 0.29) is 11.4 Å². The molecule has 0 bridgehead atoms. The van der Waals surface area contributed by atoms with Gasteiger partial charge in [-0.25, -0.2) is 4.98 Å². The van der Waals surface area contributed by atoms with Gasteiger partial charge in [0.2, 0.25) is 5.78 Å². The number of carbonyl (C=O) groups is 2. The van der Waals surface area contributed by atoms with Crippen molar-refractivity contribution in [1.82, 2.24) is 15.0 Å². The Labute approximate surface area is 183 Å². The lowest BCUT2D eigenvalue weighted by Gasteiger charge is -2.11. The third-order valence-electron chi connectivity index (χ3n) is 4.46. The van der Waals surface area contributed by atoms with Gasteiger partial charge in [-0.1, -0.05) is 30.3 Å². The molecule has 0 aliphatic heterocycles. The summed E-state index contributed by atoms with van der Waals surface area (Å²) in [5, 5.41) is 4.81. The minimum Gasteiger partial charge on any atom is -0.296 e. The highest BCUT2D eigenvalue weighted by Crippen LogP contribution is 2.32. The first-order valence-electron chi connectivity index (χ1n) is 9.17. The van der Waals surface area contributed by atoms with Gasteiger partial charge >= 0.3 is 6.18 Å². The highest BCUT2D eigenvalue weighted by Gasteiger charge is 2.35. The fraction of sp³-hybridized carbons (Fsp3) is 0.0455. The maximum absolute atomic E-state index is 13.2. The van der Waals surface area contributed by atoms with Crippen LogP contribution in [0.25, 0.3) is 11.1 Å². The third kappa shape index (κ3) is 4.54. The van der Waals surface area contributed by atoms with Crippen LogP contribution >= 0.6 is 11.3 Å². The number of nitrogens with zero attached hydrogens (tertiary/aromatic N) is 3. The van der Waals surface area contributed by atoms with Gasteiger partial charge in [0.25, 0.3) is 5.91 Å². The number of aromatic nitrogens is 3. The number of anilines is 1. The summed E-state index contributed by atoms with van der Waals surface area (Å²) in [6.07, 6.45) is -0.241. The number of hydrogen-bond donors (Lipinski definition) is 1. The number of halogens is 3. The summed E-state index contributed by atoms with van der Waals surface area (Å²) in [4.78, 5) is 36.9. The van der Waals surface area contributed by atoms with Crippen LogP contribution in [0.5, 0.6) is 0 Å². The molecule has 0 aliphatic rings. The topological polar surface area (TPSA) is 84.8 Å². The van der Waals surface area contributed by atoms with Crippen molar-refractivity contribution in [3.05, 3.63) is 95.0 Å². The van der Waals surface area contributed by atoms with Crippen molar-refractivity contribution in [2.24, 2.45) is 0 Å². The summed E-state index contributed by atoms with van der Waals surface area (Å²) < 4.78 is 39.6. The Bertz CT molecular complexity index is 1260. The van der Waals surface area contributed by atoms with Crippen LogP contribution in [0.15, 0.2) is 72.5 Å². The van der Waals surface area contributed by atoms with Crippen LogP contribution in [0.1, 0.15) is 32.1 Å². The van der Waals surface area contributed by atoms with Gasteiger partial charge in [0.15, 0.2) is 5.13 Å². The molecule has 0 spiro atoms. The van der Waals surface area contributed by atoms with Gasteiger partial charge in [0.1, 0.15) is 11.4 Å². The molecule has 10 heteroatoms. The zero-order chi connectivity index (χ0) is 22.7. The smallest absolute Gasteiger partial charge is 0.296 e. The van der Waals surface area contributed by atoms with E-state index in [0.29, 0.717) is 16.3 Å². The highest BCUT2D eigenvalue weighted by molar-refractivity contribution is 7.13. The van der Waals surface area contributed by atoms with E-state index in [0.717, 1.165) is 12.1 Å². The van der Waals surface area contributed by atoms with Crippen molar-refractivity contribution in [1.29, 1.82) is 0 Å². The number of carbonyl (C=O) groups excluding carboxylic acids is 2. The molecule has 6 nitrogen and oxygen atoms in total. The van der Waals surface area contributed by atoms with Crippen LogP contribution in [0.2, 0.25) is 0 Å². The quantitative estimate of drug-likeness (QED) is 0.424. The van der Waals surface area contributed by atoms with Crippen LogP contribution in [0, 0.1) is 0 Å². The maximum atomic E-state index is 13.2. The van der Waals surface area contributed by atoms with Crippen molar-refractivity contribution < 1.29 is 22.8 Å². The Morgan fingerprint density at radius 1 is 0.844 bits per heavy atom. The number of rotatable bonds is 5. The minimum atomic E-state index is -4.65. The first-order valence-corrected chi connectivity index (χ1v) is 10.0. The lowest BCUT2D eigenvalue weighted by atomic mass is 10.00. The van der Waals surface area contributed by atoms with Crippen LogP contribution in [0.3, 0.4) is 0 Å². The number of hydrogen-bond acceptors (Lipinski definition) is 6. The summed E-state index contributed by atoms with van der Waals surface area (Å²) >= 11 is 1.28. The molecule has 0 aliphatic carbocycles. The number of pyridine rings is 2. The van der Waals surface area contributed by atoms with Gasteiger partial charge in [-0.2, -0.15) is 13.2 Å². The van der Waals surface area contributed by atoms with Crippen molar-refractivity contribution in [2.45, 2.75) is 6.18 Å². The monoisotopic (exact) mass is 454 g/mol. The molecular weight excluding hydrogens is 441 g/mol. The first-order chi connectivity index (χ1) is 15.3. The largest absolute Gasteiger partial charge is 0.417 e. The Hall–Kier alpha value is -3.92. The van der Waals surface area contributed by atoms with Crippen LogP contribution in [-0.4, -0.2) is 26.6 Å². The predicted molar refractivity (Wildman–Crippen MR) is 112 cm³/mol. The molecule has 1 aromatic carbocycles. The Morgan fingerprint density at radius 3 is 2.06 bits per heavy atom. The summed E-state index contributed by atoms with van der Waals surface area (Å²) in [6, 6.07) is 10.7. The van der Waals surface area contributed by atoms with E-state index < -0.39 is 29.0 Å². The first kappa shape index (κ1) is 21.3. The van der Waals surface area contributed by atoms with Crippen LogP contribution in [-0.2, 0) is 6.18 Å². The molecule has 0 saturated heterocycles. The molecule has 160 valence electrons. The molecule has 1 amide bonds. The maximum Gasteiger partial charge on any atom is 0.417 e. The summed E-state index contributed by atoms with van der Waals surface area (Å²) in [5.74, 6) is -1.23. The molecular formula is C22H13F3N4O2S. The van der Waals surface area contributed by atoms with Gasteiger partial charge < -0.3 is 0 Å². The second kappa shape index (κ2) is 8.67. The Morgan fingerprint density at radius 2 is 1.50 bits per heavy atom. The SMILES string of the molecule is O=C(Nc1nccs1)c1ccc(-c2ccc(C(=O)c3ccccc3C(F)(F)F)nc2)cn1. The molecule has 1 N–H and O–H groups in total. The molecule has 0 radical (unpaired) electrons. The van der Waals surface area contributed by atoms with E-state index in [1.807, 2.05) is 0 Å². The van der Waals surface area contributed by atoms with Crippen LogP contribution in [0.4, 0.5) is 18.3 Å². The molecule has 0 saturated carbocycles. The summed E-state index contributed by atoms with van der Waals surface area (Å²) in [6.45, 7) is 0. The Balaban J connectivity index is 1.52. The second-order valence-electron chi connectivity index (χ2n) is 6.53. The fourth-order valence-electron chi connectivity index (χ4n) is 2.91. The van der Waals surface area contributed by atoms with E-state index >= 15 is 0 Å². The summed E-state index contributed by atoms with van der Waals surface area (Å²) in [5.41, 5.74) is -0.183. The van der Waals surface area contributed by atoms with Crippen molar-refractivity contribution >= 4 is 28.2 Å². The lowest BCUT2D eigenvalue weighted by Crippen LogP contribution is -2.14. The molecule has 0 fully saturated rings. The normalized spacial score (nSPS) is 11.2. The van der Waals surface area contributed by atoms with E-state index in [4.69, 9.17) is 0 Å². The highest BCUT2D eigenvalue weighted by atomic mass is 32.1. The second-order valence-corrected chi connectivity index (χ2v) is 7.42. The number of amides is 1.